The second kappa shape index (κ2) is 3.88. The summed E-state index contributed by atoms with van der Waals surface area (Å²) in [5.74, 6) is 0. The van der Waals surface area contributed by atoms with E-state index in [-0.39, 0.29) is 0 Å². The molecule has 0 aliphatic rings. The van der Waals surface area contributed by atoms with Crippen molar-refractivity contribution >= 4 is 11.7 Å². The highest BCUT2D eigenvalue weighted by molar-refractivity contribution is 5.88. The normalized spacial score (nSPS) is 9.87. The van der Waals surface area contributed by atoms with Gasteiger partial charge in [-0.1, -0.05) is 12.1 Å². The van der Waals surface area contributed by atoms with Gasteiger partial charge in [0.2, 0.25) is 0 Å². The number of urea groups is 1. The molecule has 76 valence electrons. The molecule has 0 aliphatic heterocycles. The summed E-state index contributed by atoms with van der Waals surface area (Å²) < 4.78 is 4.97. The lowest BCUT2D eigenvalue weighted by atomic mass is 10.1. The Morgan fingerprint density at radius 1 is 1.13 bits per heavy atom. The highest BCUT2D eigenvalue weighted by atomic mass is 16.3. The van der Waals surface area contributed by atoms with Gasteiger partial charge < -0.3 is 15.5 Å². The summed E-state index contributed by atoms with van der Waals surface area (Å²) >= 11 is 0. The summed E-state index contributed by atoms with van der Waals surface area (Å²) in [5, 5.41) is 2.49. The van der Waals surface area contributed by atoms with Crippen LogP contribution in [0.15, 0.2) is 47.3 Å². The lowest BCUT2D eigenvalue weighted by molar-refractivity contribution is 0.259. The summed E-state index contributed by atoms with van der Waals surface area (Å²) in [6, 6.07) is 8.65. The summed E-state index contributed by atoms with van der Waals surface area (Å²) in [6.45, 7) is 0. The van der Waals surface area contributed by atoms with E-state index in [9.17, 15) is 4.79 Å². The minimum absolute atomic E-state index is 0.564. The van der Waals surface area contributed by atoms with Crippen LogP contribution in [-0.4, -0.2) is 6.03 Å². The number of nitrogens with two attached hydrogens (primary N) is 1. The molecule has 15 heavy (non-hydrogen) atoms. The van der Waals surface area contributed by atoms with E-state index in [1.165, 1.54) is 0 Å². The van der Waals surface area contributed by atoms with E-state index >= 15 is 0 Å². The number of hydrogen-bond donors (Lipinski definition) is 2. The number of hydrogen-bond acceptors (Lipinski definition) is 2. The molecule has 1 aromatic heterocycles. The molecule has 0 bridgehead atoms. The minimum Gasteiger partial charge on any atom is -0.472 e. The van der Waals surface area contributed by atoms with Crippen LogP contribution in [0.5, 0.6) is 0 Å². The molecule has 0 saturated heterocycles. The Hall–Kier alpha value is -2.23. The van der Waals surface area contributed by atoms with E-state index in [4.69, 9.17) is 10.2 Å². The molecule has 0 aliphatic carbocycles. The molecule has 2 amide bonds. The second-order valence-electron chi connectivity index (χ2n) is 3.08. The molecule has 0 unspecified atom stereocenters. The highest BCUT2D eigenvalue weighted by Crippen LogP contribution is 2.21. The first-order chi connectivity index (χ1) is 7.25. The van der Waals surface area contributed by atoms with Crippen molar-refractivity contribution in [3.63, 3.8) is 0 Å². The van der Waals surface area contributed by atoms with E-state index in [0.29, 0.717) is 5.69 Å². The van der Waals surface area contributed by atoms with Crippen molar-refractivity contribution in [3.8, 4) is 11.1 Å². The lowest BCUT2D eigenvalue weighted by Gasteiger charge is -2.02. The summed E-state index contributed by atoms with van der Waals surface area (Å²) in [4.78, 5) is 10.6. The fourth-order valence-corrected chi connectivity index (χ4v) is 1.32. The Balaban J connectivity index is 2.21. The van der Waals surface area contributed by atoms with Crippen LogP contribution in [0, 0.1) is 0 Å². The summed E-state index contributed by atoms with van der Waals surface area (Å²) in [7, 11) is 0. The van der Waals surface area contributed by atoms with Gasteiger partial charge in [-0.25, -0.2) is 4.79 Å². The van der Waals surface area contributed by atoms with Gasteiger partial charge in [0.25, 0.3) is 0 Å². The predicted octanol–water partition coefficient (Wildman–Crippen LogP) is 2.44. The lowest BCUT2D eigenvalue weighted by Crippen LogP contribution is -2.19. The molecule has 2 rings (SSSR count). The Morgan fingerprint density at radius 3 is 2.40 bits per heavy atom. The van der Waals surface area contributed by atoms with Crippen LogP contribution in [0.25, 0.3) is 11.1 Å². The first kappa shape index (κ1) is 9.33. The smallest absolute Gasteiger partial charge is 0.316 e. The van der Waals surface area contributed by atoms with Crippen LogP contribution in [0.4, 0.5) is 10.5 Å². The molecule has 0 fully saturated rings. The van der Waals surface area contributed by atoms with E-state index in [0.717, 1.165) is 11.1 Å². The Morgan fingerprint density at radius 2 is 1.87 bits per heavy atom. The number of furan rings is 1. The van der Waals surface area contributed by atoms with Crippen molar-refractivity contribution in [2.45, 2.75) is 0 Å². The monoisotopic (exact) mass is 202 g/mol. The molecule has 0 radical (unpaired) electrons. The third-order valence-corrected chi connectivity index (χ3v) is 2.01. The summed E-state index contributed by atoms with van der Waals surface area (Å²) in [5.41, 5.74) is 7.69. The van der Waals surface area contributed by atoms with Gasteiger partial charge in [0.05, 0.1) is 12.5 Å². The molecular weight excluding hydrogens is 192 g/mol. The van der Waals surface area contributed by atoms with E-state index in [1.807, 2.05) is 18.2 Å². The number of anilines is 1. The number of amides is 2. The van der Waals surface area contributed by atoms with Crippen molar-refractivity contribution < 1.29 is 9.21 Å². The number of primary amides is 1. The average molecular weight is 202 g/mol. The molecule has 0 atom stereocenters. The Kier molecular flexibility index (Phi) is 2.41. The number of carbonyl (C=O) groups excluding carboxylic acids is 1. The minimum atomic E-state index is -0.564. The molecule has 0 spiro atoms. The van der Waals surface area contributed by atoms with E-state index in [2.05, 4.69) is 5.32 Å². The van der Waals surface area contributed by atoms with Gasteiger partial charge in [-0.2, -0.15) is 0 Å². The quantitative estimate of drug-likeness (QED) is 0.785. The fraction of sp³-hybridized carbons (Fsp3) is 0. The second-order valence-corrected chi connectivity index (χ2v) is 3.08. The van der Waals surface area contributed by atoms with Crippen LogP contribution in [0.1, 0.15) is 0 Å². The van der Waals surface area contributed by atoms with Gasteiger partial charge in [-0.05, 0) is 23.8 Å². The molecular formula is C11H10N2O2. The standard InChI is InChI=1S/C11H10N2O2/c12-11(14)13-10-3-1-8(2-4-10)9-5-6-15-7-9/h1-7H,(H3,12,13,14). The maximum absolute atomic E-state index is 10.6. The zero-order valence-electron chi connectivity index (χ0n) is 7.94. The summed E-state index contributed by atoms with van der Waals surface area (Å²) in [6.07, 6.45) is 3.28. The van der Waals surface area contributed by atoms with Gasteiger partial charge in [-0.15, -0.1) is 0 Å². The number of rotatable bonds is 2. The maximum Gasteiger partial charge on any atom is 0.316 e. The van der Waals surface area contributed by atoms with Crippen LogP contribution < -0.4 is 11.1 Å². The third-order valence-electron chi connectivity index (χ3n) is 2.01. The molecule has 1 aromatic carbocycles. The number of benzene rings is 1. The van der Waals surface area contributed by atoms with Crippen molar-refractivity contribution in [2.24, 2.45) is 5.73 Å². The fourth-order valence-electron chi connectivity index (χ4n) is 1.32. The van der Waals surface area contributed by atoms with Crippen molar-refractivity contribution in [1.29, 1.82) is 0 Å². The van der Waals surface area contributed by atoms with Crippen molar-refractivity contribution in [1.82, 2.24) is 0 Å². The number of carbonyl (C=O) groups is 1. The van der Waals surface area contributed by atoms with E-state index in [1.54, 1.807) is 24.7 Å². The predicted molar refractivity (Wildman–Crippen MR) is 57.4 cm³/mol. The molecule has 3 N–H and O–H groups in total. The van der Waals surface area contributed by atoms with Gasteiger partial charge >= 0.3 is 6.03 Å². The third kappa shape index (κ3) is 2.17. The highest BCUT2D eigenvalue weighted by Gasteiger charge is 1.99. The zero-order chi connectivity index (χ0) is 10.7. The Bertz CT molecular complexity index is 446. The van der Waals surface area contributed by atoms with Crippen LogP contribution in [0.2, 0.25) is 0 Å². The zero-order valence-corrected chi connectivity index (χ0v) is 7.94. The average Bonchev–Trinajstić information content (AvgIpc) is 2.71. The van der Waals surface area contributed by atoms with Crippen LogP contribution in [-0.2, 0) is 0 Å². The first-order valence-electron chi connectivity index (χ1n) is 4.45. The molecule has 2 aromatic rings. The van der Waals surface area contributed by atoms with Gasteiger partial charge in [0, 0.05) is 11.3 Å². The molecule has 4 heteroatoms. The van der Waals surface area contributed by atoms with Crippen molar-refractivity contribution in [2.75, 3.05) is 5.32 Å². The van der Waals surface area contributed by atoms with E-state index < -0.39 is 6.03 Å². The van der Waals surface area contributed by atoms with Gasteiger partial charge in [0.15, 0.2) is 0 Å². The molecule has 0 saturated carbocycles. The molecule has 1 heterocycles. The molecule has 4 nitrogen and oxygen atoms in total. The van der Waals surface area contributed by atoms with Crippen LogP contribution >= 0.6 is 0 Å². The largest absolute Gasteiger partial charge is 0.472 e. The topological polar surface area (TPSA) is 68.3 Å². The maximum atomic E-state index is 10.6. The Labute approximate surface area is 86.7 Å². The van der Waals surface area contributed by atoms with Gasteiger partial charge in [-0.3, -0.25) is 0 Å². The first-order valence-corrected chi connectivity index (χ1v) is 4.45. The SMILES string of the molecule is NC(=O)Nc1ccc(-c2ccoc2)cc1. The van der Waals surface area contributed by atoms with Crippen LogP contribution in [0.3, 0.4) is 0 Å². The number of nitrogens with one attached hydrogen (secondary N) is 1. The van der Waals surface area contributed by atoms with Crippen molar-refractivity contribution in [3.05, 3.63) is 42.9 Å². The van der Waals surface area contributed by atoms with Gasteiger partial charge in [0.1, 0.15) is 0 Å².